The number of ether oxygens (including phenoxy) is 1. The molecule has 0 bridgehead atoms. The third-order valence-electron chi connectivity index (χ3n) is 1.71. The van der Waals surface area contributed by atoms with Gasteiger partial charge in [-0.1, -0.05) is 0 Å². The van der Waals surface area contributed by atoms with Crippen molar-refractivity contribution in [2.24, 2.45) is 0 Å². The molecule has 0 unspecified atom stereocenters. The number of fused-ring (bicyclic) bond motifs is 1. The van der Waals surface area contributed by atoms with E-state index in [1.165, 1.54) is 23.9 Å². The van der Waals surface area contributed by atoms with Gasteiger partial charge in [0.05, 0.1) is 7.11 Å². The average molecular weight is 194 g/mol. The van der Waals surface area contributed by atoms with E-state index in [0.29, 0.717) is 0 Å². The van der Waals surface area contributed by atoms with Gasteiger partial charge in [0, 0.05) is 12.4 Å². The predicted molar refractivity (Wildman–Crippen MR) is 44.9 cm³/mol. The van der Waals surface area contributed by atoms with Crippen LogP contribution >= 0.6 is 0 Å². The van der Waals surface area contributed by atoms with Gasteiger partial charge in [0.1, 0.15) is 0 Å². The number of aromatic nitrogens is 4. The van der Waals surface area contributed by atoms with Crippen molar-refractivity contribution in [1.82, 2.24) is 19.6 Å². The highest BCUT2D eigenvalue weighted by Crippen LogP contribution is 2.02. The SMILES string of the molecule is COC(=O)c1nccn2c(=O)[nH]nc12. The van der Waals surface area contributed by atoms with Crippen LogP contribution < -0.4 is 5.69 Å². The van der Waals surface area contributed by atoms with E-state index in [-0.39, 0.29) is 11.3 Å². The van der Waals surface area contributed by atoms with Gasteiger partial charge in [-0.15, -0.1) is 5.10 Å². The number of rotatable bonds is 1. The maximum Gasteiger partial charge on any atom is 0.360 e. The van der Waals surface area contributed by atoms with Crippen LogP contribution in [-0.4, -0.2) is 32.7 Å². The molecule has 2 aromatic rings. The van der Waals surface area contributed by atoms with E-state index in [1.807, 2.05) is 0 Å². The van der Waals surface area contributed by atoms with E-state index in [2.05, 4.69) is 19.9 Å². The maximum absolute atomic E-state index is 11.2. The van der Waals surface area contributed by atoms with Crippen molar-refractivity contribution in [3.63, 3.8) is 0 Å². The number of nitrogens with one attached hydrogen (secondary N) is 1. The lowest BCUT2D eigenvalue weighted by atomic mass is 10.4. The molecule has 0 atom stereocenters. The number of nitrogens with zero attached hydrogens (tertiary/aromatic N) is 3. The zero-order valence-electron chi connectivity index (χ0n) is 7.22. The molecular formula is C7H6N4O3. The molecule has 7 heteroatoms. The normalized spacial score (nSPS) is 10.4. The Labute approximate surface area is 77.3 Å². The minimum atomic E-state index is -0.630. The first-order valence-corrected chi connectivity index (χ1v) is 3.74. The molecule has 0 radical (unpaired) electrons. The molecular weight excluding hydrogens is 188 g/mol. The number of aromatic amines is 1. The van der Waals surface area contributed by atoms with Crippen LogP contribution in [0.15, 0.2) is 17.2 Å². The van der Waals surface area contributed by atoms with Gasteiger partial charge in [0.25, 0.3) is 0 Å². The number of carbonyl (C=O) groups excluding carboxylic acids is 1. The molecule has 0 aromatic carbocycles. The van der Waals surface area contributed by atoms with Crippen molar-refractivity contribution < 1.29 is 9.53 Å². The Kier molecular flexibility index (Phi) is 1.77. The monoisotopic (exact) mass is 194 g/mol. The molecule has 1 N–H and O–H groups in total. The standard InChI is InChI=1S/C7H6N4O3/c1-14-6(12)4-5-9-10-7(13)11(5)3-2-8-4/h2-3H,1H3,(H,10,13). The maximum atomic E-state index is 11.2. The first-order chi connectivity index (χ1) is 6.74. The Morgan fingerprint density at radius 3 is 3.14 bits per heavy atom. The molecule has 2 aromatic heterocycles. The van der Waals surface area contributed by atoms with Gasteiger partial charge in [0.15, 0.2) is 11.3 Å². The van der Waals surface area contributed by atoms with Gasteiger partial charge in [-0.05, 0) is 0 Å². The van der Waals surface area contributed by atoms with Crippen LogP contribution in [0.2, 0.25) is 0 Å². The molecule has 72 valence electrons. The summed E-state index contributed by atoms with van der Waals surface area (Å²) in [7, 11) is 1.23. The summed E-state index contributed by atoms with van der Waals surface area (Å²) in [6.45, 7) is 0. The molecule has 0 saturated carbocycles. The number of esters is 1. The molecule has 0 aliphatic heterocycles. The second-order valence-electron chi connectivity index (χ2n) is 2.49. The number of carbonyl (C=O) groups is 1. The minimum absolute atomic E-state index is 0.00773. The molecule has 0 aliphatic carbocycles. The van der Waals surface area contributed by atoms with Crippen LogP contribution in [0.25, 0.3) is 5.65 Å². The Bertz CT molecular complexity index is 541. The third kappa shape index (κ3) is 1.06. The van der Waals surface area contributed by atoms with Gasteiger partial charge >= 0.3 is 11.7 Å². The van der Waals surface area contributed by atoms with Crippen LogP contribution in [0.5, 0.6) is 0 Å². The Balaban J connectivity index is 2.78. The van der Waals surface area contributed by atoms with Crippen molar-refractivity contribution in [2.75, 3.05) is 7.11 Å². The number of hydrogen-bond acceptors (Lipinski definition) is 5. The Morgan fingerprint density at radius 1 is 1.64 bits per heavy atom. The molecule has 14 heavy (non-hydrogen) atoms. The molecule has 0 saturated heterocycles. The second-order valence-corrected chi connectivity index (χ2v) is 2.49. The average Bonchev–Trinajstić information content (AvgIpc) is 2.59. The topological polar surface area (TPSA) is 89.3 Å². The second kappa shape index (κ2) is 2.95. The Hall–Kier alpha value is -2.18. The van der Waals surface area contributed by atoms with Gasteiger partial charge in [-0.25, -0.2) is 24.1 Å². The Morgan fingerprint density at radius 2 is 2.43 bits per heavy atom. The summed E-state index contributed by atoms with van der Waals surface area (Å²) in [5, 5.41) is 5.85. The van der Waals surface area contributed by atoms with E-state index in [9.17, 15) is 9.59 Å². The predicted octanol–water partition coefficient (Wildman–Crippen LogP) is -0.796. The first-order valence-electron chi connectivity index (χ1n) is 3.74. The summed E-state index contributed by atoms with van der Waals surface area (Å²) in [5.74, 6) is -0.630. The van der Waals surface area contributed by atoms with Crippen LogP contribution in [0.3, 0.4) is 0 Å². The number of H-pyrrole nitrogens is 1. The summed E-state index contributed by atoms with van der Waals surface area (Å²) >= 11 is 0. The molecule has 2 rings (SSSR count). The lowest BCUT2D eigenvalue weighted by molar-refractivity contribution is 0.0595. The first kappa shape index (κ1) is 8.42. The summed E-state index contributed by atoms with van der Waals surface area (Å²) in [5.41, 5.74) is -0.259. The van der Waals surface area contributed by atoms with Gasteiger partial charge in [-0.2, -0.15) is 0 Å². The summed E-state index contributed by atoms with van der Waals surface area (Å²) in [6.07, 6.45) is 2.74. The molecule has 0 aliphatic rings. The van der Waals surface area contributed by atoms with Crippen molar-refractivity contribution in [2.45, 2.75) is 0 Å². The highest BCUT2D eigenvalue weighted by Gasteiger charge is 2.14. The zero-order chi connectivity index (χ0) is 10.1. The fourth-order valence-corrected chi connectivity index (χ4v) is 1.08. The molecule has 0 amide bonds. The van der Waals surface area contributed by atoms with E-state index >= 15 is 0 Å². The van der Waals surface area contributed by atoms with E-state index in [0.717, 1.165) is 0 Å². The summed E-state index contributed by atoms with van der Waals surface area (Å²) in [4.78, 5) is 26.1. The lowest BCUT2D eigenvalue weighted by Crippen LogP contribution is -2.12. The van der Waals surface area contributed by atoms with Crippen molar-refractivity contribution in [1.29, 1.82) is 0 Å². The molecule has 7 nitrogen and oxygen atoms in total. The van der Waals surface area contributed by atoms with Gasteiger partial charge in [0.2, 0.25) is 0 Å². The zero-order valence-corrected chi connectivity index (χ0v) is 7.22. The summed E-state index contributed by atoms with van der Waals surface area (Å²) in [6, 6.07) is 0. The molecule has 0 spiro atoms. The van der Waals surface area contributed by atoms with Crippen LogP contribution in [-0.2, 0) is 4.74 Å². The van der Waals surface area contributed by atoms with E-state index in [4.69, 9.17) is 0 Å². The largest absolute Gasteiger partial charge is 0.464 e. The highest BCUT2D eigenvalue weighted by molar-refractivity contribution is 5.93. The van der Waals surface area contributed by atoms with Crippen molar-refractivity contribution in [3.05, 3.63) is 28.6 Å². The fraction of sp³-hybridized carbons (Fsp3) is 0.143. The number of hydrogen-bond donors (Lipinski definition) is 1. The van der Waals surface area contributed by atoms with Crippen molar-refractivity contribution >= 4 is 11.6 Å². The van der Waals surface area contributed by atoms with Crippen LogP contribution in [0.4, 0.5) is 0 Å². The fourth-order valence-electron chi connectivity index (χ4n) is 1.08. The molecule has 2 heterocycles. The van der Waals surface area contributed by atoms with Crippen LogP contribution in [0, 0.1) is 0 Å². The highest BCUT2D eigenvalue weighted by atomic mass is 16.5. The van der Waals surface area contributed by atoms with E-state index in [1.54, 1.807) is 0 Å². The summed E-state index contributed by atoms with van der Waals surface area (Å²) < 4.78 is 5.66. The lowest BCUT2D eigenvalue weighted by Gasteiger charge is -1.97. The third-order valence-corrected chi connectivity index (χ3v) is 1.71. The van der Waals surface area contributed by atoms with Gasteiger partial charge < -0.3 is 4.74 Å². The van der Waals surface area contributed by atoms with Crippen molar-refractivity contribution in [3.8, 4) is 0 Å². The van der Waals surface area contributed by atoms with Gasteiger partial charge in [-0.3, -0.25) is 0 Å². The minimum Gasteiger partial charge on any atom is -0.464 e. The number of methoxy groups -OCH3 is 1. The smallest absolute Gasteiger partial charge is 0.360 e. The quantitative estimate of drug-likeness (QED) is 0.600. The van der Waals surface area contributed by atoms with E-state index < -0.39 is 11.7 Å². The molecule has 0 fully saturated rings. The van der Waals surface area contributed by atoms with Crippen LogP contribution in [0.1, 0.15) is 10.5 Å².